The minimum atomic E-state index is -2.84. The van der Waals surface area contributed by atoms with Gasteiger partial charge in [-0.15, -0.1) is 0 Å². The number of Topliss-reactive ketones (excluding diaryl/α,β-unsaturated/α-hetero) is 1. The van der Waals surface area contributed by atoms with Crippen molar-refractivity contribution in [1.29, 1.82) is 0 Å². The first-order valence-corrected chi connectivity index (χ1v) is 7.54. The first kappa shape index (κ1) is 16.2. The van der Waals surface area contributed by atoms with Gasteiger partial charge in [-0.2, -0.15) is 8.78 Å². The van der Waals surface area contributed by atoms with Crippen molar-refractivity contribution in [3.05, 3.63) is 64.7 Å². The van der Waals surface area contributed by atoms with Crippen molar-refractivity contribution in [3.63, 3.8) is 0 Å². The number of ketones is 1. The van der Waals surface area contributed by atoms with E-state index >= 15 is 0 Å². The van der Waals surface area contributed by atoms with Crippen molar-refractivity contribution < 1.29 is 23.0 Å². The monoisotopic (exact) mass is 330 g/mol. The average Bonchev–Trinajstić information content (AvgIpc) is 2.58. The van der Waals surface area contributed by atoms with Gasteiger partial charge in [-0.1, -0.05) is 12.1 Å². The Morgan fingerprint density at radius 3 is 2.42 bits per heavy atom. The third kappa shape index (κ3) is 3.45. The molecule has 1 aliphatic rings. The molecule has 1 aliphatic carbocycles. The molecule has 0 saturated heterocycles. The van der Waals surface area contributed by atoms with Crippen LogP contribution < -0.4 is 9.47 Å². The third-order valence-corrected chi connectivity index (χ3v) is 3.96. The van der Waals surface area contributed by atoms with Crippen LogP contribution in [0.1, 0.15) is 27.9 Å². The molecule has 0 aromatic heterocycles. The van der Waals surface area contributed by atoms with Gasteiger partial charge in [-0.3, -0.25) is 4.79 Å². The lowest BCUT2D eigenvalue weighted by molar-refractivity contribution is -0.0498. The molecule has 0 radical (unpaired) electrons. The summed E-state index contributed by atoms with van der Waals surface area (Å²) in [6.45, 7) is -2.84. The van der Waals surface area contributed by atoms with Gasteiger partial charge in [0, 0.05) is 11.1 Å². The summed E-state index contributed by atoms with van der Waals surface area (Å²) in [5.41, 5.74) is 3.15. The van der Waals surface area contributed by atoms with Crippen molar-refractivity contribution in [2.24, 2.45) is 0 Å². The van der Waals surface area contributed by atoms with Gasteiger partial charge in [-0.25, -0.2) is 0 Å². The molecule has 0 amide bonds. The van der Waals surface area contributed by atoms with Crippen molar-refractivity contribution >= 4 is 11.9 Å². The van der Waals surface area contributed by atoms with E-state index in [1.807, 2.05) is 6.07 Å². The van der Waals surface area contributed by atoms with Crippen molar-refractivity contribution in [1.82, 2.24) is 0 Å². The van der Waals surface area contributed by atoms with E-state index < -0.39 is 6.61 Å². The normalized spacial score (nSPS) is 15.5. The molecular weight excluding hydrogens is 314 g/mol. The molecule has 24 heavy (non-hydrogen) atoms. The number of halogens is 2. The summed E-state index contributed by atoms with van der Waals surface area (Å²) in [5, 5.41) is 0. The smallest absolute Gasteiger partial charge is 0.387 e. The zero-order valence-corrected chi connectivity index (χ0v) is 13.1. The van der Waals surface area contributed by atoms with Gasteiger partial charge in [0.05, 0.1) is 7.11 Å². The fourth-order valence-corrected chi connectivity index (χ4v) is 2.77. The van der Waals surface area contributed by atoms with E-state index in [4.69, 9.17) is 4.74 Å². The third-order valence-electron chi connectivity index (χ3n) is 3.96. The number of benzene rings is 2. The number of methoxy groups -OCH3 is 1. The minimum absolute atomic E-state index is 0.00758. The fraction of sp³-hybridized carbons (Fsp3) is 0.211. The van der Waals surface area contributed by atoms with E-state index in [0.29, 0.717) is 17.6 Å². The second-order valence-electron chi connectivity index (χ2n) is 5.47. The number of ether oxygens (including phenoxy) is 2. The summed E-state index contributed by atoms with van der Waals surface area (Å²) >= 11 is 0. The molecule has 0 heterocycles. The minimum Gasteiger partial charge on any atom is -0.497 e. The highest BCUT2D eigenvalue weighted by molar-refractivity contribution is 6.13. The largest absolute Gasteiger partial charge is 0.497 e. The van der Waals surface area contributed by atoms with Crippen molar-refractivity contribution in [2.75, 3.05) is 7.11 Å². The van der Waals surface area contributed by atoms with Crippen LogP contribution >= 0.6 is 0 Å². The lowest BCUT2D eigenvalue weighted by Gasteiger charge is -2.18. The number of hydrogen-bond acceptors (Lipinski definition) is 3. The molecule has 3 rings (SSSR count). The van der Waals surface area contributed by atoms with Gasteiger partial charge in [0.2, 0.25) is 0 Å². The molecule has 0 aliphatic heterocycles. The van der Waals surface area contributed by atoms with Crippen LogP contribution in [0.5, 0.6) is 11.5 Å². The number of rotatable bonds is 4. The summed E-state index contributed by atoms with van der Waals surface area (Å²) in [6, 6.07) is 11.7. The predicted molar refractivity (Wildman–Crippen MR) is 86.7 cm³/mol. The zero-order valence-electron chi connectivity index (χ0n) is 13.1. The summed E-state index contributed by atoms with van der Waals surface area (Å²) in [5.74, 6) is 0.829. The lowest BCUT2D eigenvalue weighted by atomic mass is 9.86. The van der Waals surface area contributed by atoms with Crippen LogP contribution in [0.15, 0.2) is 48.0 Å². The summed E-state index contributed by atoms with van der Waals surface area (Å²) < 4.78 is 33.8. The van der Waals surface area contributed by atoms with E-state index in [-0.39, 0.29) is 11.5 Å². The number of alkyl halides is 2. The Bertz CT molecular complexity index is 780. The summed E-state index contributed by atoms with van der Waals surface area (Å²) in [7, 11) is 1.60. The number of aryl methyl sites for hydroxylation is 1. The number of carbonyl (C=O) groups excluding carboxylic acids is 1. The number of carbonyl (C=O) groups is 1. The molecule has 2 aromatic carbocycles. The summed E-state index contributed by atoms with van der Waals surface area (Å²) in [4.78, 5) is 12.6. The van der Waals surface area contributed by atoms with Crippen LogP contribution in [0.25, 0.3) is 6.08 Å². The first-order chi connectivity index (χ1) is 11.6. The second kappa shape index (κ2) is 6.83. The number of allylic oxidation sites excluding steroid dienone is 1. The van der Waals surface area contributed by atoms with Crippen LogP contribution in [0.2, 0.25) is 0 Å². The van der Waals surface area contributed by atoms with Crippen molar-refractivity contribution in [3.8, 4) is 11.5 Å². The molecule has 0 atom stereocenters. The van der Waals surface area contributed by atoms with Gasteiger partial charge in [0.15, 0.2) is 5.78 Å². The van der Waals surface area contributed by atoms with Crippen LogP contribution in [-0.2, 0) is 6.42 Å². The molecule has 0 fully saturated rings. The Kier molecular flexibility index (Phi) is 4.60. The quantitative estimate of drug-likeness (QED) is 0.774. The molecule has 0 spiro atoms. The van der Waals surface area contributed by atoms with Crippen LogP contribution in [0.3, 0.4) is 0 Å². The van der Waals surface area contributed by atoms with Gasteiger partial charge in [-0.05, 0) is 60.4 Å². The maximum Gasteiger partial charge on any atom is 0.387 e. The Balaban J connectivity index is 1.82. The molecule has 0 unspecified atom stereocenters. The van der Waals surface area contributed by atoms with E-state index in [2.05, 4.69) is 4.74 Å². The van der Waals surface area contributed by atoms with E-state index in [9.17, 15) is 13.6 Å². The van der Waals surface area contributed by atoms with Crippen LogP contribution in [-0.4, -0.2) is 19.5 Å². The second-order valence-corrected chi connectivity index (χ2v) is 5.47. The molecule has 2 aromatic rings. The Hall–Kier alpha value is -2.69. The van der Waals surface area contributed by atoms with Crippen LogP contribution in [0.4, 0.5) is 8.78 Å². The fourth-order valence-electron chi connectivity index (χ4n) is 2.77. The SMILES string of the molecule is COc1ccc2c(c1)CC/C(=C/c1ccc(OC(F)F)cc1)C2=O. The highest BCUT2D eigenvalue weighted by atomic mass is 19.3. The van der Waals surface area contributed by atoms with Crippen LogP contribution in [0, 0.1) is 0 Å². The molecule has 0 saturated carbocycles. The molecule has 3 nitrogen and oxygen atoms in total. The standard InChI is InChI=1S/C19H16F2O3/c1-23-16-8-9-17-13(11-16)4-5-14(18(17)22)10-12-2-6-15(7-3-12)24-19(20)21/h2-3,6-11,19H,4-5H2,1H3/b14-10-. The van der Waals surface area contributed by atoms with E-state index in [1.54, 1.807) is 37.5 Å². The Labute approximate surface area is 138 Å². The predicted octanol–water partition coefficient (Wildman–Crippen LogP) is 4.51. The summed E-state index contributed by atoms with van der Waals surface area (Å²) in [6.07, 6.45) is 3.19. The Morgan fingerprint density at radius 2 is 1.75 bits per heavy atom. The number of fused-ring (bicyclic) bond motifs is 1. The van der Waals surface area contributed by atoms with Gasteiger partial charge in [0.25, 0.3) is 0 Å². The average molecular weight is 330 g/mol. The van der Waals surface area contributed by atoms with E-state index in [0.717, 1.165) is 23.3 Å². The van der Waals surface area contributed by atoms with Gasteiger partial charge >= 0.3 is 6.61 Å². The zero-order chi connectivity index (χ0) is 17.1. The maximum absolute atomic E-state index is 12.6. The topological polar surface area (TPSA) is 35.5 Å². The van der Waals surface area contributed by atoms with Gasteiger partial charge in [0.1, 0.15) is 11.5 Å². The molecule has 5 heteroatoms. The molecule has 124 valence electrons. The molecule has 0 bridgehead atoms. The highest BCUT2D eigenvalue weighted by Gasteiger charge is 2.22. The number of hydrogen-bond donors (Lipinski definition) is 0. The van der Waals surface area contributed by atoms with Crippen molar-refractivity contribution in [2.45, 2.75) is 19.5 Å². The van der Waals surface area contributed by atoms with Gasteiger partial charge < -0.3 is 9.47 Å². The Morgan fingerprint density at radius 1 is 1.04 bits per heavy atom. The molecular formula is C19H16F2O3. The first-order valence-electron chi connectivity index (χ1n) is 7.54. The highest BCUT2D eigenvalue weighted by Crippen LogP contribution is 2.29. The van der Waals surface area contributed by atoms with E-state index in [1.165, 1.54) is 12.1 Å². The maximum atomic E-state index is 12.6. The molecule has 0 N–H and O–H groups in total. The lowest BCUT2D eigenvalue weighted by Crippen LogP contribution is -2.14.